The maximum atomic E-state index is 13.1. The second kappa shape index (κ2) is 6.73. The van der Waals surface area contributed by atoms with Gasteiger partial charge >= 0.3 is 12.1 Å². The Labute approximate surface area is 134 Å². The lowest BCUT2D eigenvalue weighted by molar-refractivity contribution is -0.137. The summed E-state index contributed by atoms with van der Waals surface area (Å²) >= 11 is 0. The van der Waals surface area contributed by atoms with Crippen molar-refractivity contribution in [2.45, 2.75) is 26.1 Å². The lowest BCUT2D eigenvalue weighted by Crippen LogP contribution is -2.26. The van der Waals surface area contributed by atoms with Gasteiger partial charge < -0.3 is 10.4 Å². The molecule has 2 aromatic rings. The number of halogens is 3. The summed E-state index contributed by atoms with van der Waals surface area (Å²) in [5.74, 6) is -2.45. The zero-order valence-electron chi connectivity index (χ0n) is 12.6. The molecule has 1 amide bonds. The molecular formula is C15H14F3N3O3. The molecule has 0 saturated heterocycles. The molecule has 0 atom stereocenters. The summed E-state index contributed by atoms with van der Waals surface area (Å²) < 4.78 is 39.2. The normalized spacial score (nSPS) is 11.3. The van der Waals surface area contributed by atoms with Crippen molar-refractivity contribution in [1.29, 1.82) is 0 Å². The minimum Gasteiger partial charge on any atom is -0.478 e. The third kappa shape index (κ3) is 3.92. The molecule has 1 heterocycles. The summed E-state index contributed by atoms with van der Waals surface area (Å²) in [4.78, 5) is 22.9. The van der Waals surface area contributed by atoms with Gasteiger partial charge in [0, 0.05) is 0 Å². The number of nitrogens with zero attached hydrogens (tertiary/aromatic N) is 1. The van der Waals surface area contributed by atoms with E-state index in [1.807, 2.05) is 6.92 Å². The van der Waals surface area contributed by atoms with E-state index in [1.54, 1.807) is 6.07 Å². The number of carboxylic acid groups (broad SMARTS) is 1. The minimum absolute atomic E-state index is 0.0240. The number of aryl methyl sites for hydroxylation is 1. The average Bonchev–Trinajstić information content (AvgIpc) is 2.99. The summed E-state index contributed by atoms with van der Waals surface area (Å²) in [5.41, 5.74) is -1.15. The highest BCUT2D eigenvalue weighted by atomic mass is 19.4. The van der Waals surface area contributed by atoms with Crippen LogP contribution < -0.4 is 5.32 Å². The molecule has 0 aliphatic carbocycles. The molecule has 0 fully saturated rings. The fourth-order valence-corrected chi connectivity index (χ4v) is 2.06. The predicted octanol–water partition coefficient (Wildman–Crippen LogP) is 2.62. The van der Waals surface area contributed by atoms with E-state index in [4.69, 9.17) is 5.11 Å². The Kier molecular flexibility index (Phi) is 4.91. The fourth-order valence-electron chi connectivity index (χ4n) is 2.06. The van der Waals surface area contributed by atoms with E-state index in [1.165, 1.54) is 0 Å². The molecule has 128 valence electrons. The van der Waals surface area contributed by atoms with Crippen LogP contribution in [0.3, 0.4) is 0 Å². The molecule has 24 heavy (non-hydrogen) atoms. The molecule has 1 aromatic carbocycles. The number of rotatable bonds is 5. The monoisotopic (exact) mass is 341 g/mol. The van der Waals surface area contributed by atoms with Gasteiger partial charge in [0.15, 0.2) is 0 Å². The first kappa shape index (κ1) is 17.5. The van der Waals surface area contributed by atoms with E-state index >= 15 is 0 Å². The fraction of sp³-hybridized carbons (Fsp3) is 0.267. The highest BCUT2D eigenvalue weighted by molar-refractivity contribution is 5.97. The summed E-state index contributed by atoms with van der Waals surface area (Å²) in [6, 6.07) is 3.95. The Bertz CT molecular complexity index is 769. The number of amides is 1. The largest absolute Gasteiger partial charge is 0.478 e. The Morgan fingerprint density at radius 1 is 1.29 bits per heavy atom. The summed E-state index contributed by atoms with van der Waals surface area (Å²) in [5, 5.41) is 17.8. The molecule has 3 N–H and O–H groups in total. The van der Waals surface area contributed by atoms with Gasteiger partial charge in [0.2, 0.25) is 0 Å². The van der Waals surface area contributed by atoms with Crippen LogP contribution in [0.5, 0.6) is 0 Å². The lowest BCUT2D eigenvalue weighted by atomic mass is 10.0. The van der Waals surface area contributed by atoms with Crippen LogP contribution >= 0.6 is 0 Å². The van der Waals surface area contributed by atoms with Gasteiger partial charge in [-0.05, 0) is 30.7 Å². The van der Waals surface area contributed by atoms with Crippen LogP contribution in [0.15, 0.2) is 24.3 Å². The number of hydrogen-bond acceptors (Lipinski definition) is 3. The van der Waals surface area contributed by atoms with Gasteiger partial charge in [-0.2, -0.15) is 18.3 Å². The van der Waals surface area contributed by atoms with Crippen molar-refractivity contribution in [1.82, 2.24) is 15.5 Å². The van der Waals surface area contributed by atoms with E-state index in [0.717, 1.165) is 17.8 Å². The predicted molar refractivity (Wildman–Crippen MR) is 77.5 cm³/mol. The first-order valence-electron chi connectivity index (χ1n) is 6.98. The lowest BCUT2D eigenvalue weighted by Gasteiger charge is -2.13. The highest BCUT2D eigenvalue weighted by Gasteiger charge is 2.36. The molecule has 2 rings (SSSR count). The number of aromatic amines is 1. The maximum absolute atomic E-state index is 13.1. The third-order valence-electron chi connectivity index (χ3n) is 3.30. The highest BCUT2D eigenvalue weighted by Crippen LogP contribution is 2.32. The summed E-state index contributed by atoms with van der Waals surface area (Å²) in [6.45, 7) is 1.86. The van der Waals surface area contributed by atoms with Gasteiger partial charge in [0.25, 0.3) is 5.91 Å². The summed E-state index contributed by atoms with van der Waals surface area (Å²) in [7, 11) is 0. The Balaban J connectivity index is 2.23. The Morgan fingerprint density at radius 2 is 2.00 bits per heavy atom. The summed E-state index contributed by atoms with van der Waals surface area (Å²) in [6.07, 6.45) is -4.17. The Morgan fingerprint density at radius 3 is 2.54 bits per heavy atom. The van der Waals surface area contributed by atoms with Crippen molar-refractivity contribution >= 4 is 11.9 Å². The van der Waals surface area contributed by atoms with Crippen LogP contribution in [0.2, 0.25) is 0 Å². The average molecular weight is 341 g/mol. The van der Waals surface area contributed by atoms with Crippen LogP contribution in [-0.2, 0) is 19.1 Å². The van der Waals surface area contributed by atoms with Crippen molar-refractivity contribution in [3.8, 4) is 0 Å². The van der Waals surface area contributed by atoms with Crippen molar-refractivity contribution in [3.63, 3.8) is 0 Å². The van der Waals surface area contributed by atoms with Gasteiger partial charge in [-0.1, -0.05) is 6.92 Å². The van der Waals surface area contributed by atoms with Crippen LogP contribution in [0.25, 0.3) is 0 Å². The third-order valence-corrected chi connectivity index (χ3v) is 3.30. The van der Waals surface area contributed by atoms with E-state index in [0.29, 0.717) is 18.2 Å². The van der Waals surface area contributed by atoms with Crippen molar-refractivity contribution in [2.24, 2.45) is 0 Å². The van der Waals surface area contributed by atoms with Crippen molar-refractivity contribution in [2.75, 3.05) is 0 Å². The number of alkyl halides is 3. The van der Waals surface area contributed by atoms with Crippen LogP contribution in [0, 0.1) is 0 Å². The number of benzene rings is 1. The molecular weight excluding hydrogens is 327 g/mol. The molecule has 0 unspecified atom stereocenters. The molecule has 0 saturated carbocycles. The molecule has 0 radical (unpaired) electrons. The van der Waals surface area contributed by atoms with Crippen molar-refractivity contribution in [3.05, 3.63) is 52.3 Å². The van der Waals surface area contributed by atoms with E-state index in [-0.39, 0.29) is 6.54 Å². The molecule has 6 nitrogen and oxygen atoms in total. The van der Waals surface area contributed by atoms with Gasteiger partial charge in [0.05, 0.1) is 34.6 Å². The number of aromatic carboxylic acids is 1. The van der Waals surface area contributed by atoms with E-state index < -0.39 is 34.7 Å². The molecule has 9 heteroatoms. The zero-order chi connectivity index (χ0) is 17.9. The van der Waals surface area contributed by atoms with E-state index in [9.17, 15) is 22.8 Å². The number of H-pyrrole nitrogens is 1. The number of carbonyl (C=O) groups excluding carboxylic acids is 1. The van der Waals surface area contributed by atoms with E-state index in [2.05, 4.69) is 15.5 Å². The molecule has 0 aliphatic rings. The number of hydrogen-bond donors (Lipinski definition) is 3. The number of carboxylic acids is 1. The van der Waals surface area contributed by atoms with Gasteiger partial charge in [-0.25, -0.2) is 4.79 Å². The smallest absolute Gasteiger partial charge is 0.417 e. The zero-order valence-corrected chi connectivity index (χ0v) is 12.6. The minimum atomic E-state index is -4.85. The molecule has 1 aromatic heterocycles. The molecule has 0 aliphatic heterocycles. The van der Waals surface area contributed by atoms with Gasteiger partial charge in [0.1, 0.15) is 0 Å². The SMILES string of the molecule is CCc1cc(CNC(=O)c2ccc(C(=O)O)cc2C(F)(F)F)[nH]n1. The van der Waals surface area contributed by atoms with Crippen molar-refractivity contribution < 1.29 is 27.9 Å². The standard InChI is InChI=1S/C15H14F3N3O3/c1-2-9-6-10(21-20-9)7-19-13(22)11-4-3-8(14(23)24)5-12(11)15(16,17)18/h3-6H,2,7H2,1H3,(H,19,22)(H,20,21)(H,23,24). The quantitative estimate of drug-likeness (QED) is 0.779. The molecule has 0 spiro atoms. The second-order valence-electron chi connectivity index (χ2n) is 4.98. The Hall–Kier alpha value is -2.84. The van der Waals surface area contributed by atoms with Crippen LogP contribution in [0.4, 0.5) is 13.2 Å². The number of aromatic nitrogens is 2. The number of carbonyl (C=O) groups is 2. The first-order valence-corrected chi connectivity index (χ1v) is 6.98. The van der Waals surface area contributed by atoms with Gasteiger partial charge in [-0.3, -0.25) is 9.89 Å². The van der Waals surface area contributed by atoms with Gasteiger partial charge in [-0.15, -0.1) is 0 Å². The topological polar surface area (TPSA) is 95.1 Å². The number of nitrogens with one attached hydrogen (secondary N) is 2. The first-order chi connectivity index (χ1) is 11.2. The van der Waals surface area contributed by atoms with Crippen LogP contribution in [-0.4, -0.2) is 27.2 Å². The van der Waals surface area contributed by atoms with Crippen LogP contribution in [0.1, 0.15) is 44.6 Å². The maximum Gasteiger partial charge on any atom is 0.417 e. The molecule has 0 bridgehead atoms. The second-order valence-corrected chi connectivity index (χ2v) is 4.98.